The first-order valence-electron chi connectivity index (χ1n) is 7.13. The summed E-state index contributed by atoms with van der Waals surface area (Å²) in [6.07, 6.45) is 0.625. The summed E-state index contributed by atoms with van der Waals surface area (Å²) in [6, 6.07) is 6.33. The van der Waals surface area contributed by atoms with Crippen LogP contribution in [0.2, 0.25) is 5.02 Å². The number of sulfonamides is 1. The summed E-state index contributed by atoms with van der Waals surface area (Å²) in [5, 5.41) is 2.95. The number of benzene rings is 1. The molecule has 2 rings (SSSR count). The minimum absolute atomic E-state index is 0.0725. The van der Waals surface area contributed by atoms with E-state index in [4.69, 9.17) is 16.3 Å². The van der Waals surface area contributed by atoms with E-state index in [1.54, 1.807) is 25.1 Å². The average molecular weight is 347 g/mol. The number of amides is 1. The predicted octanol–water partition coefficient (Wildman–Crippen LogP) is 2.24. The zero-order valence-electron chi connectivity index (χ0n) is 12.3. The van der Waals surface area contributed by atoms with Gasteiger partial charge in [0.2, 0.25) is 10.0 Å². The molecule has 1 amide bonds. The maximum Gasteiger partial charge on any atom is 0.407 e. The lowest BCUT2D eigenvalue weighted by Gasteiger charge is -2.31. The molecule has 1 aromatic rings. The molecule has 0 saturated carbocycles. The summed E-state index contributed by atoms with van der Waals surface area (Å²) in [7, 11) is -3.60. The maximum absolute atomic E-state index is 12.6. The van der Waals surface area contributed by atoms with E-state index < -0.39 is 16.1 Å². The van der Waals surface area contributed by atoms with Crippen molar-refractivity contribution >= 4 is 27.7 Å². The quantitative estimate of drug-likeness (QED) is 0.907. The number of rotatable bonds is 4. The highest BCUT2D eigenvalue weighted by Gasteiger charge is 2.31. The second-order valence-corrected chi connectivity index (χ2v) is 7.29. The van der Waals surface area contributed by atoms with Crippen LogP contribution >= 0.6 is 11.6 Å². The first kappa shape index (κ1) is 17.1. The third-order valence-electron chi connectivity index (χ3n) is 3.51. The van der Waals surface area contributed by atoms with Gasteiger partial charge in [0.05, 0.1) is 11.6 Å². The molecule has 1 N–H and O–H groups in total. The van der Waals surface area contributed by atoms with Crippen molar-refractivity contribution in [1.82, 2.24) is 9.62 Å². The van der Waals surface area contributed by atoms with Gasteiger partial charge < -0.3 is 10.1 Å². The molecule has 0 spiro atoms. The van der Waals surface area contributed by atoms with Crippen molar-refractivity contribution < 1.29 is 17.9 Å². The van der Waals surface area contributed by atoms with Gasteiger partial charge in [0, 0.05) is 19.1 Å². The summed E-state index contributed by atoms with van der Waals surface area (Å²) in [5.74, 6) is 0. The molecule has 0 unspecified atom stereocenters. The summed E-state index contributed by atoms with van der Waals surface area (Å²) in [6.45, 7) is 2.72. The molecule has 22 heavy (non-hydrogen) atoms. The molecule has 6 nitrogen and oxygen atoms in total. The van der Waals surface area contributed by atoms with Gasteiger partial charge in [0.25, 0.3) is 0 Å². The Kier molecular flexibility index (Phi) is 5.66. The van der Waals surface area contributed by atoms with Crippen LogP contribution in [0, 0.1) is 0 Å². The highest BCUT2D eigenvalue weighted by atomic mass is 35.5. The van der Waals surface area contributed by atoms with Gasteiger partial charge in [-0.25, -0.2) is 13.2 Å². The number of nitrogens with one attached hydrogen (secondary N) is 1. The van der Waals surface area contributed by atoms with Crippen molar-refractivity contribution in [3.05, 3.63) is 29.3 Å². The van der Waals surface area contributed by atoms with E-state index in [2.05, 4.69) is 5.32 Å². The van der Waals surface area contributed by atoms with E-state index in [1.807, 2.05) is 0 Å². The van der Waals surface area contributed by atoms with Gasteiger partial charge in [-0.3, -0.25) is 0 Å². The minimum Gasteiger partial charge on any atom is -0.450 e. The van der Waals surface area contributed by atoms with E-state index >= 15 is 0 Å². The summed E-state index contributed by atoms with van der Waals surface area (Å²) in [5.41, 5.74) is 0. The molecule has 0 atom stereocenters. The van der Waals surface area contributed by atoms with Crippen LogP contribution in [0.3, 0.4) is 0 Å². The van der Waals surface area contributed by atoms with Crippen molar-refractivity contribution in [1.29, 1.82) is 0 Å². The Labute approximate surface area is 135 Å². The maximum atomic E-state index is 12.6. The standard InChI is InChI=1S/C14H19ClN2O4S/c1-2-21-14(18)16-11-7-9-17(10-8-11)22(19,20)13-6-4-3-5-12(13)15/h3-6,11H,2,7-10H2,1H3,(H,16,18). The van der Waals surface area contributed by atoms with Crippen LogP contribution in [-0.4, -0.2) is 44.6 Å². The lowest BCUT2D eigenvalue weighted by Crippen LogP contribution is -2.46. The van der Waals surface area contributed by atoms with Crippen LogP contribution in [0.5, 0.6) is 0 Å². The number of halogens is 1. The highest BCUT2D eigenvalue weighted by molar-refractivity contribution is 7.89. The number of hydrogen-bond donors (Lipinski definition) is 1. The van der Waals surface area contributed by atoms with E-state index in [0.29, 0.717) is 32.5 Å². The number of carbonyl (C=O) groups is 1. The Balaban J connectivity index is 1.99. The molecule has 0 radical (unpaired) electrons. The lowest BCUT2D eigenvalue weighted by atomic mass is 10.1. The first-order valence-corrected chi connectivity index (χ1v) is 8.95. The highest BCUT2D eigenvalue weighted by Crippen LogP contribution is 2.26. The Morgan fingerprint density at radius 1 is 1.36 bits per heavy atom. The molecule has 1 aliphatic heterocycles. The van der Waals surface area contributed by atoms with Gasteiger partial charge in [-0.1, -0.05) is 23.7 Å². The zero-order chi connectivity index (χ0) is 16.2. The Morgan fingerprint density at radius 2 is 2.00 bits per heavy atom. The van der Waals surface area contributed by atoms with Crippen LogP contribution in [0.15, 0.2) is 29.2 Å². The van der Waals surface area contributed by atoms with Crippen LogP contribution in [0.25, 0.3) is 0 Å². The predicted molar refractivity (Wildman–Crippen MR) is 83.4 cm³/mol. The van der Waals surface area contributed by atoms with Crippen LogP contribution in [0.4, 0.5) is 4.79 Å². The van der Waals surface area contributed by atoms with Gasteiger partial charge >= 0.3 is 6.09 Å². The Hall–Kier alpha value is -1.31. The fourth-order valence-corrected chi connectivity index (χ4v) is 4.34. The van der Waals surface area contributed by atoms with Crippen molar-refractivity contribution in [3.63, 3.8) is 0 Å². The third kappa shape index (κ3) is 3.91. The molecule has 1 aliphatic rings. The van der Waals surface area contributed by atoms with Crippen molar-refractivity contribution in [3.8, 4) is 0 Å². The molecule has 1 aromatic carbocycles. The summed E-state index contributed by atoms with van der Waals surface area (Å²) >= 11 is 5.98. The normalized spacial score (nSPS) is 17.2. The Bertz CT molecular complexity index is 627. The van der Waals surface area contributed by atoms with Gasteiger partial charge in [0.1, 0.15) is 4.90 Å². The van der Waals surface area contributed by atoms with E-state index in [-0.39, 0.29) is 16.0 Å². The fourth-order valence-electron chi connectivity index (χ4n) is 2.37. The van der Waals surface area contributed by atoms with E-state index in [1.165, 1.54) is 10.4 Å². The molecule has 1 heterocycles. The number of ether oxygens (including phenoxy) is 1. The SMILES string of the molecule is CCOC(=O)NC1CCN(S(=O)(=O)c2ccccc2Cl)CC1. The molecular weight excluding hydrogens is 328 g/mol. The van der Waals surface area contributed by atoms with E-state index in [9.17, 15) is 13.2 Å². The molecule has 0 aromatic heterocycles. The molecule has 1 saturated heterocycles. The van der Waals surface area contributed by atoms with Crippen molar-refractivity contribution in [2.24, 2.45) is 0 Å². The van der Waals surface area contributed by atoms with Crippen LogP contribution in [0.1, 0.15) is 19.8 Å². The van der Waals surface area contributed by atoms with Crippen LogP contribution in [-0.2, 0) is 14.8 Å². The second-order valence-electron chi connectivity index (χ2n) is 4.97. The molecule has 0 bridgehead atoms. The van der Waals surface area contributed by atoms with Crippen molar-refractivity contribution in [2.45, 2.75) is 30.7 Å². The topological polar surface area (TPSA) is 75.7 Å². The smallest absolute Gasteiger partial charge is 0.407 e. The van der Waals surface area contributed by atoms with Crippen LogP contribution < -0.4 is 5.32 Å². The monoisotopic (exact) mass is 346 g/mol. The number of alkyl carbamates (subject to hydrolysis) is 1. The van der Waals surface area contributed by atoms with Gasteiger partial charge in [0.15, 0.2) is 0 Å². The largest absolute Gasteiger partial charge is 0.450 e. The summed E-state index contributed by atoms with van der Waals surface area (Å²) in [4.78, 5) is 11.5. The Morgan fingerprint density at radius 3 is 2.59 bits per heavy atom. The number of hydrogen-bond acceptors (Lipinski definition) is 4. The molecule has 1 fully saturated rings. The number of piperidine rings is 1. The minimum atomic E-state index is -3.60. The third-order valence-corrected chi connectivity index (χ3v) is 5.90. The van der Waals surface area contributed by atoms with Gasteiger partial charge in [-0.05, 0) is 31.9 Å². The lowest BCUT2D eigenvalue weighted by molar-refractivity contribution is 0.143. The number of carbonyl (C=O) groups excluding carboxylic acids is 1. The zero-order valence-corrected chi connectivity index (χ0v) is 13.9. The second kappa shape index (κ2) is 7.30. The van der Waals surface area contributed by atoms with Gasteiger partial charge in [-0.15, -0.1) is 0 Å². The average Bonchev–Trinajstić information content (AvgIpc) is 2.48. The van der Waals surface area contributed by atoms with Crippen molar-refractivity contribution in [2.75, 3.05) is 19.7 Å². The first-order chi connectivity index (χ1) is 10.4. The molecule has 122 valence electrons. The molecular formula is C14H19ClN2O4S. The summed E-state index contributed by atoms with van der Waals surface area (Å²) < 4.78 is 31.4. The van der Waals surface area contributed by atoms with E-state index in [0.717, 1.165) is 0 Å². The van der Waals surface area contributed by atoms with Gasteiger partial charge in [-0.2, -0.15) is 4.31 Å². The molecule has 8 heteroatoms. The fraction of sp³-hybridized carbons (Fsp3) is 0.500. The molecule has 0 aliphatic carbocycles. The number of nitrogens with zero attached hydrogens (tertiary/aromatic N) is 1.